The molecule has 10 rings (SSSR count). The molecule has 1 fully saturated rings. The summed E-state index contributed by atoms with van der Waals surface area (Å²) in [5.74, 6) is -2.22. The van der Waals surface area contributed by atoms with Crippen LogP contribution >= 0.6 is 23.2 Å². The van der Waals surface area contributed by atoms with Crippen LogP contribution in [0.15, 0.2) is 180 Å². The number of rotatable bonds is 19. The Kier molecular flexibility index (Phi) is 15.6. The SMILES string of the molecule is C=CC1=C(C)C2=NC1=CC1=NC(=CC3=C(C)C4=C(O)[C@H](C(=O)OC)C(=C5NC(=C2)[C@@H](C)[C@@H]5CCC(=O)NCCCCN(CCNc2ccnc5cc(Cl)ccc25)CCNc2ccnc5cc(Cl)ccc25)C4=N3)C(CC)=C1C. The van der Waals surface area contributed by atoms with Crippen LogP contribution in [-0.4, -0.2) is 95.4 Å². The zero-order chi connectivity index (χ0) is 54.1. The van der Waals surface area contributed by atoms with Crippen LogP contribution in [0.5, 0.6) is 0 Å². The van der Waals surface area contributed by atoms with Gasteiger partial charge in [0, 0.05) is 124 Å². The number of methoxy groups -OCH3 is 1. The summed E-state index contributed by atoms with van der Waals surface area (Å²) in [6, 6.07) is 15.5. The highest BCUT2D eigenvalue weighted by Crippen LogP contribution is 2.49. The molecule has 0 spiro atoms. The smallest absolute Gasteiger partial charge is 0.321 e. The second-order valence-electron chi connectivity index (χ2n) is 20.2. The quantitative estimate of drug-likeness (QED) is 0.0448. The molecule has 14 nitrogen and oxygen atoms in total. The number of aromatic nitrogens is 2. The van der Waals surface area contributed by atoms with Gasteiger partial charge in [0.15, 0.2) is 0 Å². The number of esters is 1. The Labute approximate surface area is 459 Å². The number of amides is 1. The Bertz CT molecular complexity index is 3430. The molecule has 3 atom stereocenters. The largest absolute Gasteiger partial charge is 0.510 e. The molecule has 7 heterocycles. The summed E-state index contributed by atoms with van der Waals surface area (Å²) in [6.07, 6.45) is 14.6. The molecule has 77 heavy (non-hydrogen) atoms. The molecule has 5 aliphatic heterocycles. The number of carbonyl (C=O) groups excluding carboxylic acids is 2. The van der Waals surface area contributed by atoms with E-state index < -0.39 is 11.9 Å². The number of hydrogen-bond donors (Lipinski definition) is 5. The maximum atomic E-state index is 13.9. The summed E-state index contributed by atoms with van der Waals surface area (Å²) in [5.41, 5.74) is 15.6. The lowest BCUT2D eigenvalue weighted by atomic mass is 9.84. The fraction of sp³-hybridized carbons (Fsp3) is 0.328. The minimum atomic E-state index is -1.10. The Hall–Kier alpha value is -7.39. The highest BCUT2D eigenvalue weighted by atomic mass is 35.5. The summed E-state index contributed by atoms with van der Waals surface area (Å²) in [6.45, 7) is 18.8. The van der Waals surface area contributed by atoms with E-state index in [0.717, 1.165) is 134 Å². The Balaban J connectivity index is 0.846. The monoisotopic (exact) mass is 1070 g/mol. The summed E-state index contributed by atoms with van der Waals surface area (Å²) in [4.78, 5) is 54.5. The van der Waals surface area contributed by atoms with Crippen LogP contribution in [0.3, 0.4) is 0 Å². The van der Waals surface area contributed by atoms with Crippen molar-refractivity contribution < 1.29 is 19.4 Å². The van der Waals surface area contributed by atoms with E-state index in [2.05, 4.69) is 69.6 Å². The molecule has 0 unspecified atom stereocenters. The van der Waals surface area contributed by atoms with Gasteiger partial charge in [0.05, 0.1) is 52.4 Å². The first kappa shape index (κ1) is 53.0. The Morgan fingerprint density at radius 3 is 2.10 bits per heavy atom. The maximum absolute atomic E-state index is 13.9. The third-order valence-electron chi connectivity index (χ3n) is 15.7. The first-order valence-corrected chi connectivity index (χ1v) is 27.3. The molecule has 0 radical (unpaired) electrons. The minimum Gasteiger partial charge on any atom is -0.510 e. The van der Waals surface area contributed by atoms with E-state index in [-0.39, 0.29) is 29.9 Å². The Morgan fingerprint density at radius 1 is 0.818 bits per heavy atom. The zero-order valence-electron chi connectivity index (χ0n) is 44.4. The second-order valence-corrected chi connectivity index (χ2v) is 21.1. The number of pyridine rings is 2. The van der Waals surface area contributed by atoms with E-state index in [0.29, 0.717) is 58.7 Å². The summed E-state index contributed by atoms with van der Waals surface area (Å²) >= 11 is 12.6. The molecule has 396 valence electrons. The predicted octanol–water partition coefficient (Wildman–Crippen LogP) is 11.8. The number of hydrogen-bond acceptors (Lipinski definition) is 13. The summed E-state index contributed by atoms with van der Waals surface area (Å²) in [5, 5.41) is 29.5. The van der Waals surface area contributed by atoms with E-state index in [1.54, 1.807) is 12.4 Å². The number of halogens is 2. The number of allylic oxidation sites excluding steroid dienone is 11. The highest BCUT2D eigenvalue weighted by molar-refractivity contribution is 6.31. The topological polar surface area (TPSA) is 178 Å². The van der Waals surface area contributed by atoms with Crippen LogP contribution in [-0.2, 0) is 14.3 Å². The highest BCUT2D eigenvalue weighted by Gasteiger charge is 2.49. The molecular formula is C61H64Cl2N10O4. The molecule has 1 aliphatic carbocycles. The number of anilines is 2. The molecule has 4 aromatic rings. The number of ether oxygens (including phenoxy) is 1. The van der Waals surface area contributed by atoms with E-state index in [1.807, 2.05) is 80.6 Å². The number of unbranched alkanes of at least 4 members (excludes halogenated alkanes) is 1. The molecule has 1 saturated heterocycles. The van der Waals surface area contributed by atoms with Gasteiger partial charge in [0.2, 0.25) is 5.91 Å². The number of nitrogens with zero attached hydrogens (tertiary/aromatic N) is 6. The van der Waals surface area contributed by atoms with E-state index >= 15 is 0 Å². The first-order chi connectivity index (χ1) is 37.3. The van der Waals surface area contributed by atoms with Crippen molar-refractivity contribution in [2.24, 2.45) is 32.7 Å². The molecule has 0 saturated carbocycles. The van der Waals surface area contributed by atoms with Gasteiger partial charge < -0.3 is 31.1 Å². The maximum Gasteiger partial charge on any atom is 0.321 e. The van der Waals surface area contributed by atoms with Gasteiger partial charge in [-0.2, -0.15) is 0 Å². The standard InChI is InChI=1S/C61H64Cl2N10O4/c1-8-39-33(3)46-30-48-35(5)41(58(71-48)56-57(61(76)77-7)60(75)55-36(6)49(72-59(55)56)32-53-40(9-2)34(4)47(70-53)31-52(39)69-46)16-17-54(74)68-20-10-11-25-73(26-23-66-44-18-21-64-50-28-37(62)12-14-42(44)50)27-24-67-45-19-22-65-51-29-38(63)13-15-43(45)51/h8,12-15,18-19,21-22,28-32,35,41,57,71,75H,1,9-11,16-17,20,23-27H2,2-7H3,(H,64,66)(H,65,67)(H,68,74)/t35-,41-,57+/m0/s1. The Morgan fingerprint density at radius 2 is 1.47 bits per heavy atom. The number of benzene rings is 2. The van der Waals surface area contributed by atoms with Gasteiger partial charge in [0.1, 0.15) is 11.7 Å². The van der Waals surface area contributed by atoms with Gasteiger partial charge in [-0.1, -0.05) is 49.7 Å². The fourth-order valence-electron chi connectivity index (χ4n) is 11.4. The van der Waals surface area contributed by atoms with Gasteiger partial charge in [-0.15, -0.1) is 0 Å². The number of fused-ring (bicyclic) bond motifs is 7. The lowest BCUT2D eigenvalue weighted by Crippen LogP contribution is -2.34. The normalized spacial score (nSPS) is 19.7. The molecule has 8 bridgehead atoms. The van der Waals surface area contributed by atoms with Gasteiger partial charge in [-0.25, -0.2) is 15.0 Å². The van der Waals surface area contributed by atoms with Gasteiger partial charge in [-0.05, 0) is 142 Å². The molecule has 16 heteroatoms. The number of aliphatic imine (C=N–C) groups is 3. The van der Waals surface area contributed by atoms with Crippen molar-refractivity contribution in [3.63, 3.8) is 0 Å². The zero-order valence-corrected chi connectivity index (χ0v) is 45.9. The van der Waals surface area contributed by atoms with Crippen molar-refractivity contribution in [2.45, 2.75) is 66.7 Å². The van der Waals surface area contributed by atoms with E-state index in [1.165, 1.54) is 7.11 Å². The van der Waals surface area contributed by atoms with Crippen LogP contribution < -0.4 is 21.3 Å². The lowest BCUT2D eigenvalue weighted by Gasteiger charge is -2.24. The van der Waals surface area contributed by atoms with Crippen LogP contribution in [0, 0.1) is 17.8 Å². The average Bonchev–Trinajstić information content (AvgIpc) is 4.25. The molecule has 6 aliphatic rings. The minimum absolute atomic E-state index is 0.0580. The first-order valence-electron chi connectivity index (χ1n) is 26.5. The second kappa shape index (κ2) is 22.7. The van der Waals surface area contributed by atoms with Gasteiger partial charge >= 0.3 is 5.97 Å². The van der Waals surface area contributed by atoms with Crippen molar-refractivity contribution in [1.29, 1.82) is 0 Å². The third kappa shape index (κ3) is 10.6. The van der Waals surface area contributed by atoms with Crippen molar-refractivity contribution in [1.82, 2.24) is 25.5 Å². The number of aliphatic hydroxyl groups is 1. The van der Waals surface area contributed by atoms with Crippen LogP contribution in [0.1, 0.15) is 66.7 Å². The predicted molar refractivity (Wildman–Crippen MR) is 312 cm³/mol. The number of aliphatic hydroxyl groups excluding tert-OH is 1. The third-order valence-corrected chi connectivity index (χ3v) is 16.1. The van der Waals surface area contributed by atoms with E-state index in [9.17, 15) is 14.7 Å². The van der Waals surface area contributed by atoms with Crippen molar-refractivity contribution in [2.75, 3.05) is 57.0 Å². The molecule has 1 amide bonds. The fourth-order valence-corrected chi connectivity index (χ4v) is 11.8. The number of carbonyl (C=O) groups is 2. The van der Waals surface area contributed by atoms with Crippen molar-refractivity contribution >= 4 is 85.4 Å². The van der Waals surface area contributed by atoms with E-state index in [4.69, 9.17) is 42.9 Å². The van der Waals surface area contributed by atoms with Gasteiger partial charge in [0.25, 0.3) is 0 Å². The summed E-state index contributed by atoms with van der Waals surface area (Å²) < 4.78 is 5.37. The van der Waals surface area contributed by atoms with Crippen LogP contribution in [0.4, 0.5) is 11.4 Å². The molecule has 5 N–H and O–H groups in total. The van der Waals surface area contributed by atoms with Gasteiger partial charge in [-0.3, -0.25) is 24.5 Å². The molecular weight excluding hydrogens is 1010 g/mol. The number of nitrogens with one attached hydrogen (secondary N) is 4. The van der Waals surface area contributed by atoms with Crippen LogP contribution in [0.25, 0.3) is 21.8 Å². The lowest BCUT2D eigenvalue weighted by molar-refractivity contribution is -0.143. The van der Waals surface area contributed by atoms with Crippen molar-refractivity contribution in [3.8, 4) is 0 Å². The average molecular weight is 1070 g/mol. The van der Waals surface area contributed by atoms with Crippen LogP contribution in [0.2, 0.25) is 10.0 Å². The molecule has 2 aromatic heterocycles. The molecule has 2 aromatic carbocycles. The summed E-state index contributed by atoms with van der Waals surface area (Å²) in [7, 11) is 1.33. The van der Waals surface area contributed by atoms with Crippen molar-refractivity contribution in [3.05, 3.63) is 175 Å².